The number of thioether (sulfide) groups is 1. The summed E-state index contributed by atoms with van der Waals surface area (Å²) in [5.41, 5.74) is 2.69. The smallest absolute Gasteiger partial charge is 0.242 e. The first-order valence-electron chi connectivity index (χ1n) is 8.39. The molecule has 0 bridgehead atoms. The number of hydrogen-bond donors (Lipinski definition) is 2. The molecule has 6 nitrogen and oxygen atoms in total. The molecule has 0 radical (unpaired) electrons. The SMILES string of the molecule is O=C1CC(C(=O)Nc2nsc(SCc3ccccc3)n2)c2ccccc2N1. The van der Waals surface area contributed by atoms with E-state index >= 15 is 0 Å². The van der Waals surface area contributed by atoms with Crippen molar-refractivity contribution >= 4 is 46.7 Å². The van der Waals surface area contributed by atoms with Crippen LogP contribution in [0.4, 0.5) is 11.6 Å². The monoisotopic (exact) mass is 396 g/mol. The summed E-state index contributed by atoms with van der Waals surface area (Å²) in [7, 11) is 0. The van der Waals surface area contributed by atoms with Crippen molar-refractivity contribution in [1.82, 2.24) is 9.36 Å². The molecule has 3 aromatic rings. The number of anilines is 2. The molecule has 8 heteroatoms. The summed E-state index contributed by atoms with van der Waals surface area (Å²) in [5.74, 6) is 0.0939. The number of rotatable bonds is 5. The molecule has 1 aromatic heterocycles. The number of nitrogens with one attached hydrogen (secondary N) is 2. The zero-order valence-electron chi connectivity index (χ0n) is 14.2. The van der Waals surface area contributed by atoms with Crippen LogP contribution in [0.1, 0.15) is 23.5 Å². The van der Waals surface area contributed by atoms with Gasteiger partial charge in [-0.1, -0.05) is 60.3 Å². The number of amides is 2. The van der Waals surface area contributed by atoms with E-state index in [1.807, 2.05) is 36.4 Å². The van der Waals surface area contributed by atoms with Crippen LogP contribution in [0.25, 0.3) is 0 Å². The third kappa shape index (κ3) is 4.17. The molecular weight excluding hydrogens is 380 g/mol. The number of nitrogens with zero attached hydrogens (tertiary/aromatic N) is 2. The summed E-state index contributed by atoms with van der Waals surface area (Å²) >= 11 is 2.83. The van der Waals surface area contributed by atoms with E-state index < -0.39 is 5.92 Å². The fraction of sp³-hybridized carbons (Fsp3) is 0.158. The molecule has 0 saturated heterocycles. The van der Waals surface area contributed by atoms with Crippen molar-refractivity contribution in [3.8, 4) is 0 Å². The molecule has 0 aliphatic carbocycles. The average Bonchev–Trinajstić information content (AvgIpc) is 3.13. The third-order valence-corrected chi connectivity index (χ3v) is 6.07. The molecule has 1 unspecified atom stereocenters. The van der Waals surface area contributed by atoms with Gasteiger partial charge < -0.3 is 5.32 Å². The van der Waals surface area contributed by atoms with Crippen LogP contribution in [0.3, 0.4) is 0 Å². The Labute approximate surface area is 164 Å². The van der Waals surface area contributed by atoms with Gasteiger partial charge in [0.25, 0.3) is 0 Å². The van der Waals surface area contributed by atoms with Crippen LogP contribution in [0.5, 0.6) is 0 Å². The normalized spacial score (nSPS) is 15.7. The lowest BCUT2D eigenvalue weighted by atomic mass is 9.90. The summed E-state index contributed by atoms with van der Waals surface area (Å²) in [6.45, 7) is 0. The van der Waals surface area contributed by atoms with Gasteiger partial charge in [0.05, 0.1) is 5.92 Å². The van der Waals surface area contributed by atoms with E-state index in [0.29, 0.717) is 5.69 Å². The maximum atomic E-state index is 12.7. The standard InChI is InChI=1S/C19H16N4O2S2/c24-16-10-14(13-8-4-5-9-15(13)20-16)17(25)21-18-22-19(27-23-18)26-11-12-6-2-1-3-7-12/h1-9,14H,10-11H2,(H,20,24)(H,21,23,25). The molecule has 27 heavy (non-hydrogen) atoms. The number of aromatic nitrogens is 2. The molecule has 0 fully saturated rings. The Morgan fingerprint density at radius 2 is 1.96 bits per heavy atom. The lowest BCUT2D eigenvalue weighted by Gasteiger charge is -2.24. The number of carbonyl (C=O) groups is 2. The van der Waals surface area contributed by atoms with E-state index in [2.05, 4.69) is 32.1 Å². The van der Waals surface area contributed by atoms with E-state index in [1.54, 1.807) is 17.8 Å². The predicted octanol–water partition coefficient (Wildman–Crippen LogP) is 3.89. The van der Waals surface area contributed by atoms with Gasteiger partial charge in [0, 0.05) is 17.9 Å². The van der Waals surface area contributed by atoms with Crippen LogP contribution in [-0.4, -0.2) is 21.2 Å². The quantitative estimate of drug-likeness (QED) is 0.639. The highest BCUT2D eigenvalue weighted by Gasteiger charge is 2.31. The summed E-state index contributed by atoms with van der Waals surface area (Å²) in [6.07, 6.45) is 0.114. The molecule has 2 amide bonds. The van der Waals surface area contributed by atoms with Crippen LogP contribution < -0.4 is 10.6 Å². The van der Waals surface area contributed by atoms with Crippen molar-refractivity contribution < 1.29 is 9.59 Å². The van der Waals surface area contributed by atoms with Crippen LogP contribution in [0.2, 0.25) is 0 Å². The Kier molecular flexibility index (Phi) is 5.17. The van der Waals surface area contributed by atoms with Crippen molar-refractivity contribution in [2.24, 2.45) is 0 Å². The highest BCUT2D eigenvalue weighted by Crippen LogP contribution is 2.33. The fourth-order valence-electron chi connectivity index (χ4n) is 2.88. The number of fused-ring (bicyclic) bond motifs is 1. The second-order valence-electron chi connectivity index (χ2n) is 6.04. The number of carbonyl (C=O) groups excluding carboxylic acids is 2. The van der Waals surface area contributed by atoms with E-state index in [-0.39, 0.29) is 24.2 Å². The van der Waals surface area contributed by atoms with Gasteiger partial charge in [0.1, 0.15) is 0 Å². The number of para-hydroxylation sites is 1. The molecule has 0 spiro atoms. The Hall–Kier alpha value is -2.71. The van der Waals surface area contributed by atoms with Gasteiger partial charge in [0.2, 0.25) is 17.8 Å². The molecule has 1 aliphatic heterocycles. The van der Waals surface area contributed by atoms with Crippen molar-refractivity contribution in [2.45, 2.75) is 22.4 Å². The molecule has 136 valence electrons. The highest BCUT2D eigenvalue weighted by molar-refractivity contribution is 8.00. The van der Waals surface area contributed by atoms with Crippen molar-refractivity contribution in [2.75, 3.05) is 10.6 Å². The minimum Gasteiger partial charge on any atom is -0.326 e. The maximum absolute atomic E-state index is 12.7. The zero-order chi connectivity index (χ0) is 18.6. The van der Waals surface area contributed by atoms with E-state index in [4.69, 9.17) is 0 Å². The topological polar surface area (TPSA) is 84.0 Å². The molecule has 1 atom stereocenters. The molecule has 1 aliphatic rings. The van der Waals surface area contributed by atoms with Gasteiger partial charge in [-0.2, -0.15) is 9.36 Å². The molecule has 2 heterocycles. The molecular formula is C19H16N4O2S2. The minimum atomic E-state index is -0.543. The Bertz CT molecular complexity index is 975. The van der Waals surface area contributed by atoms with Crippen LogP contribution in [-0.2, 0) is 15.3 Å². The van der Waals surface area contributed by atoms with Gasteiger partial charge in [-0.25, -0.2) is 0 Å². The Morgan fingerprint density at radius 3 is 2.81 bits per heavy atom. The molecule has 2 aromatic carbocycles. The summed E-state index contributed by atoms with van der Waals surface area (Å²) in [6, 6.07) is 17.4. The molecule has 4 rings (SSSR count). The Balaban J connectivity index is 1.42. The van der Waals surface area contributed by atoms with Crippen molar-refractivity contribution in [3.05, 3.63) is 65.7 Å². The lowest BCUT2D eigenvalue weighted by Crippen LogP contribution is -2.31. The van der Waals surface area contributed by atoms with Gasteiger partial charge in [-0.05, 0) is 28.7 Å². The third-order valence-electron chi connectivity index (χ3n) is 4.16. The van der Waals surface area contributed by atoms with E-state index in [9.17, 15) is 9.59 Å². The second-order valence-corrected chi connectivity index (χ2v) is 8.01. The lowest BCUT2D eigenvalue weighted by molar-refractivity contribution is -0.123. The average molecular weight is 396 g/mol. The largest absolute Gasteiger partial charge is 0.326 e. The van der Waals surface area contributed by atoms with Crippen molar-refractivity contribution in [3.63, 3.8) is 0 Å². The zero-order valence-corrected chi connectivity index (χ0v) is 15.8. The van der Waals surface area contributed by atoms with Gasteiger partial charge >= 0.3 is 0 Å². The van der Waals surface area contributed by atoms with Gasteiger partial charge in [-0.15, -0.1) is 0 Å². The first kappa shape index (κ1) is 17.7. The molecule has 2 N–H and O–H groups in total. The number of benzene rings is 2. The van der Waals surface area contributed by atoms with Crippen molar-refractivity contribution in [1.29, 1.82) is 0 Å². The first-order valence-corrected chi connectivity index (χ1v) is 10.1. The number of hydrogen-bond acceptors (Lipinski definition) is 6. The van der Waals surface area contributed by atoms with Gasteiger partial charge in [0.15, 0.2) is 4.34 Å². The summed E-state index contributed by atoms with van der Waals surface area (Å²) in [5, 5.41) is 5.54. The van der Waals surface area contributed by atoms with E-state index in [1.165, 1.54) is 17.1 Å². The summed E-state index contributed by atoms with van der Waals surface area (Å²) < 4.78 is 5.00. The Morgan fingerprint density at radius 1 is 1.19 bits per heavy atom. The van der Waals surface area contributed by atoms with Gasteiger partial charge in [-0.3, -0.25) is 14.9 Å². The summed E-state index contributed by atoms with van der Waals surface area (Å²) in [4.78, 5) is 29.0. The van der Waals surface area contributed by atoms with Crippen LogP contribution in [0, 0.1) is 0 Å². The highest BCUT2D eigenvalue weighted by atomic mass is 32.2. The van der Waals surface area contributed by atoms with Crippen LogP contribution in [0.15, 0.2) is 58.9 Å². The minimum absolute atomic E-state index is 0.114. The maximum Gasteiger partial charge on any atom is 0.242 e. The van der Waals surface area contributed by atoms with Crippen LogP contribution >= 0.6 is 23.3 Å². The fourth-order valence-corrected chi connectivity index (χ4v) is 4.39. The second kappa shape index (κ2) is 7.89. The first-order chi connectivity index (χ1) is 13.2. The predicted molar refractivity (Wildman–Crippen MR) is 107 cm³/mol. The molecule has 0 saturated carbocycles. The van der Waals surface area contributed by atoms with E-state index in [0.717, 1.165) is 15.7 Å².